The van der Waals surface area contributed by atoms with Crippen molar-refractivity contribution in [2.45, 2.75) is 58.3 Å². The van der Waals surface area contributed by atoms with Crippen molar-refractivity contribution < 1.29 is 9.90 Å². The van der Waals surface area contributed by atoms with Crippen molar-refractivity contribution in [1.82, 2.24) is 19.7 Å². The third-order valence-electron chi connectivity index (χ3n) is 3.68. The van der Waals surface area contributed by atoms with Crippen molar-refractivity contribution in [3.05, 3.63) is 11.6 Å². The summed E-state index contributed by atoms with van der Waals surface area (Å²) < 4.78 is 2.10. The maximum Gasteiger partial charge on any atom is 0.242 e. The van der Waals surface area contributed by atoms with Gasteiger partial charge in [-0.05, 0) is 13.8 Å². The topological polar surface area (TPSA) is 97.3 Å². The van der Waals surface area contributed by atoms with Gasteiger partial charge in [0, 0.05) is 12.5 Å². The maximum absolute atomic E-state index is 12.2. The highest BCUT2D eigenvalue weighted by atomic mass is 35.5. The number of carbonyl (C=O) groups is 1. The zero-order valence-corrected chi connectivity index (χ0v) is 13.7. The molecule has 0 fully saturated rings. The van der Waals surface area contributed by atoms with Crippen molar-refractivity contribution in [3.8, 4) is 0 Å². The normalized spacial score (nSPS) is 20.7. The van der Waals surface area contributed by atoms with Crippen LogP contribution >= 0.6 is 12.4 Å². The number of rotatable bonds is 3. The van der Waals surface area contributed by atoms with Gasteiger partial charge in [-0.15, -0.1) is 22.6 Å². The summed E-state index contributed by atoms with van der Waals surface area (Å²) in [5.41, 5.74) is 5.73. The predicted octanol–water partition coefficient (Wildman–Crippen LogP) is 0.435. The molecular formula is C13H24ClN5O2. The molecule has 2 rings (SSSR count). The maximum atomic E-state index is 12.2. The predicted molar refractivity (Wildman–Crippen MR) is 81.1 cm³/mol. The first-order valence-electron chi connectivity index (χ1n) is 6.99. The van der Waals surface area contributed by atoms with Gasteiger partial charge >= 0.3 is 0 Å². The van der Waals surface area contributed by atoms with Gasteiger partial charge in [-0.1, -0.05) is 13.8 Å². The second kappa shape index (κ2) is 6.72. The van der Waals surface area contributed by atoms with Gasteiger partial charge in [0.25, 0.3) is 0 Å². The molecule has 0 unspecified atom stereocenters. The van der Waals surface area contributed by atoms with E-state index >= 15 is 0 Å². The van der Waals surface area contributed by atoms with Crippen molar-refractivity contribution in [2.75, 3.05) is 6.54 Å². The molecule has 0 radical (unpaired) electrons. The first-order valence-corrected chi connectivity index (χ1v) is 6.99. The average molecular weight is 318 g/mol. The molecule has 2 heterocycles. The SMILES string of the molecule is CC(C)c1nnc2n1[C@@H](C)CN(C(=O)[C@@H](N)[C@@H](C)O)C2.Cl. The molecule has 7 nitrogen and oxygen atoms in total. The summed E-state index contributed by atoms with van der Waals surface area (Å²) in [5.74, 6) is 1.77. The van der Waals surface area contributed by atoms with E-state index < -0.39 is 12.1 Å². The minimum absolute atomic E-state index is 0. The summed E-state index contributed by atoms with van der Waals surface area (Å²) in [5, 5.41) is 17.9. The number of halogens is 1. The second-order valence-electron chi connectivity index (χ2n) is 5.83. The van der Waals surface area contributed by atoms with Crippen LogP contribution in [0.25, 0.3) is 0 Å². The Balaban J connectivity index is 0.00000220. The lowest BCUT2D eigenvalue weighted by molar-refractivity contribution is -0.136. The number of aliphatic hydroxyl groups is 1. The molecule has 1 aliphatic rings. The molecule has 120 valence electrons. The summed E-state index contributed by atoms with van der Waals surface area (Å²) in [6.07, 6.45) is -0.858. The number of amides is 1. The molecule has 1 aromatic rings. The largest absolute Gasteiger partial charge is 0.391 e. The molecule has 0 spiro atoms. The van der Waals surface area contributed by atoms with Crippen molar-refractivity contribution in [2.24, 2.45) is 5.73 Å². The Kier molecular flexibility index (Phi) is 5.72. The third-order valence-corrected chi connectivity index (χ3v) is 3.68. The first-order chi connectivity index (χ1) is 9.32. The average Bonchev–Trinajstić information content (AvgIpc) is 2.81. The molecule has 0 bridgehead atoms. The van der Waals surface area contributed by atoms with E-state index in [1.807, 2.05) is 6.92 Å². The number of hydrogen-bond acceptors (Lipinski definition) is 5. The lowest BCUT2D eigenvalue weighted by Crippen LogP contribution is -2.51. The molecule has 0 saturated carbocycles. The molecular weight excluding hydrogens is 294 g/mol. The quantitative estimate of drug-likeness (QED) is 0.843. The molecule has 1 aromatic heterocycles. The summed E-state index contributed by atoms with van der Waals surface area (Å²) in [7, 11) is 0. The van der Waals surface area contributed by atoms with Gasteiger partial charge in [-0.2, -0.15) is 0 Å². The Morgan fingerprint density at radius 3 is 2.52 bits per heavy atom. The fraction of sp³-hybridized carbons (Fsp3) is 0.769. The van der Waals surface area contributed by atoms with Crippen LogP contribution in [0.2, 0.25) is 0 Å². The first kappa shape index (κ1) is 17.9. The number of nitrogens with two attached hydrogens (primary N) is 1. The van der Waals surface area contributed by atoms with E-state index in [-0.39, 0.29) is 24.4 Å². The molecule has 3 atom stereocenters. The van der Waals surface area contributed by atoms with Crippen LogP contribution in [-0.4, -0.2) is 49.4 Å². The Hall–Kier alpha value is -1.18. The monoisotopic (exact) mass is 317 g/mol. The van der Waals surface area contributed by atoms with Crippen LogP contribution in [0.5, 0.6) is 0 Å². The number of nitrogens with zero attached hydrogens (tertiary/aromatic N) is 4. The smallest absolute Gasteiger partial charge is 0.242 e. The standard InChI is InChI=1S/C13H23N5O2.ClH/c1-7(2)12-16-15-10-6-17(5-8(3)18(10)12)13(20)11(14)9(4)19;/h7-9,11,19H,5-6,14H2,1-4H3;1H/t8-,9+,11-;/m0./s1. The molecule has 1 amide bonds. The lowest BCUT2D eigenvalue weighted by Gasteiger charge is -2.34. The van der Waals surface area contributed by atoms with Gasteiger partial charge < -0.3 is 20.3 Å². The highest BCUT2D eigenvalue weighted by Gasteiger charge is 2.33. The molecule has 0 aromatic carbocycles. The van der Waals surface area contributed by atoms with Gasteiger partial charge in [0.2, 0.25) is 5.91 Å². The van der Waals surface area contributed by atoms with Crippen LogP contribution in [0.3, 0.4) is 0 Å². The molecule has 8 heteroatoms. The van der Waals surface area contributed by atoms with Crippen LogP contribution in [0.1, 0.15) is 51.3 Å². The Morgan fingerprint density at radius 2 is 2.00 bits per heavy atom. The highest BCUT2D eigenvalue weighted by molar-refractivity contribution is 5.85. The molecule has 0 saturated heterocycles. The van der Waals surface area contributed by atoms with Crippen molar-refractivity contribution >= 4 is 18.3 Å². The van der Waals surface area contributed by atoms with Crippen LogP contribution in [0, 0.1) is 0 Å². The van der Waals surface area contributed by atoms with Crippen molar-refractivity contribution in [3.63, 3.8) is 0 Å². The summed E-state index contributed by atoms with van der Waals surface area (Å²) in [6, 6.07) is -0.780. The number of hydrogen-bond donors (Lipinski definition) is 2. The zero-order chi connectivity index (χ0) is 15.0. The number of aliphatic hydroxyl groups excluding tert-OH is 1. The molecule has 21 heavy (non-hydrogen) atoms. The van der Waals surface area contributed by atoms with E-state index in [1.165, 1.54) is 6.92 Å². The minimum atomic E-state index is -0.888. The summed E-state index contributed by atoms with van der Waals surface area (Å²) in [6.45, 7) is 8.66. The highest BCUT2D eigenvalue weighted by Crippen LogP contribution is 2.25. The molecule has 0 aliphatic carbocycles. The second-order valence-corrected chi connectivity index (χ2v) is 5.83. The molecule has 3 N–H and O–H groups in total. The fourth-order valence-electron chi connectivity index (χ4n) is 2.54. The Bertz CT molecular complexity index is 503. The zero-order valence-electron chi connectivity index (χ0n) is 12.9. The number of fused-ring (bicyclic) bond motifs is 1. The van der Waals surface area contributed by atoms with Gasteiger partial charge in [0.15, 0.2) is 5.82 Å². The van der Waals surface area contributed by atoms with E-state index in [0.717, 1.165) is 11.6 Å². The van der Waals surface area contributed by atoms with E-state index in [0.29, 0.717) is 19.0 Å². The van der Waals surface area contributed by atoms with E-state index in [9.17, 15) is 9.90 Å². The van der Waals surface area contributed by atoms with E-state index in [4.69, 9.17) is 5.73 Å². The van der Waals surface area contributed by atoms with Crippen LogP contribution in [0.4, 0.5) is 0 Å². The van der Waals surface area contributed by atoms with E-state index in [2.05, 4.69) is 28.6 Å². The third kappa shape index (κ3) is 3.36. The molecule has 1 aliphatic heterocycles. The van der Waals surface area contributed by atoms with Crippen LogP contribution in [-0.2, 0) is 11.3 Å². The van der Waals surface area contributed by atoms with Crippen molar-refractivity contribution in [1.29, 1.82) is 0 Å². The summed E-state index contributed by atoms with van der Waals surface area (Å²) >= 11 is 0. The van der Waals surface area contributed by atoms with Gasteiger partial charge in [0.05, 0.1) is 18.7 Å². The lowest BCUT2D eigenvalue weighted by atomic mass is 10.1. The Morgan fingerprint density at radius 1 is 1.38 bits per heavy atom. The van der Waals surface area contributed by atoms with Gasteiger partial charge in [-0.25, -0.2) is 0 Å². The van der Waals surface area contributed by atoms with Crippen LogP contribution < -0.4 is 5.73 Å². The minimum Gasteiger partial charge on any atom is -0.391 e. The summed E-state index contributed by atoms with van der Waals surface area (Å²) in [4.78, 5) is 13.9. The number of carbonyl (C=O) groups excluding carboxylic acids is 1. The number of aromatic nitrogens is 3. The van der Waals surface area contributed by atoms with Gasteiger partial charge in [-0.3, -0.25) is 4.79 Å². The fourth-order valence-corrected chi connectivity index (χ4v) is 2.54. The van der Waals surface area contributed by atoms with E-state index in [1.54, 1.807) is 4.90 Å². The Labute approximate surface area is 130 Å². The van der Waals surface area contributed by atoms with Crippen LogP contribution in [0.15, 0.2) is 0 Å². The van der Waals surface area contributed by atoms with Gasteiger partial charge in [0.1, 0.15) is 11.9 Å².